The SMILES string of the molecule is CC[C@H]1[C@@H](O)C2C3CC[C@H]([C@H](C)CCOC(=O)C(C)(C)Oc4ccc(C(=O)c5ccc(Cl)cc5)cc4)[C@@]3(C)CCC2[C@@]2(C)CC[C@@H](OC(=O)C(C)(C)Oc3ccc(C(=O)c4ccc(Cl)cc4)cc3)C[C@@H]12. The number of hydrogen-bond donors (Lipinski definition) is 1. The summed E-state index contributed by atoms with van der Waals surface area (Å²) in [6, 6.07) is 27.1. The Labute approximate surface area is 424 Å². The minimum atomic E-state index is -1.27. The third-order valence-corrected chi connectivity index (χ3v) is 17.9. The van der Waals surface area contributed by atoms with E-state index in [9.17, 15) is 24.3 Å². The van der Waals surface area contributed by atoms with Crippen LogP contribution in [0.4, 0.5) is 0 Å². The zero-order valence-electron chi connectivity index (χ0n) is 42.0. The molecule has 0 radical (unpaired) electrons. The van der Waals surface area contributed by atoms with E-state index < -0.39 is 29.2 Å². The molecule has 11 atom stereocenters. The summed E-state index contributed by atoms with van der Waals surface area (Å²) in [7, 11) is 0. The first-order chi connectivity index (χ1) is 33.1. The maximum absolute atomic E-state index is 13.8. The topological polar surface area (TPSA) is 125 Å². The van der Waals surface area contributed by atoms with Crippen molar-refractivity contribution in [1.29, 1.82) is 0 Å². The molecule has 4 fully saturated rings. The highest BCUT2D eigenvalue weighted by Crippen LogP contribution is 2.69. The Balaban J connectivity index is 0.840. The number of rotatable bonds is 16. The van der Waals surface area contributed by atoms with E-state index in [1.54, 1.807) is 125 Å². The predicted octanol–water partition coefficient (Wildman–Crippen LogP) is 13.2. The van der Waals surface area contributed by atoms with Crippen molar-refractivity contribution >= 4 is 46.7 Å². The van der Waals surface area contributed by atoms with E-state index in [1.807, 2.05) is 0 Å². The molecule has 3 unspecified atom stereocenters. The summed E-state index contributed by atoms with van der Waals surface area (Å²) in [5.74, 6) is 1.90. The van der Waals surface area contributed by atoms with Gasteiger partial charge in [-0.3, -0.25) is 9.59 Å². The van der Waals surface area contributed by atoms with Gasteiger partial charge in [-0.15, -0.1) is 0 Å². The van der Waals surface area contributed by atoms with Gasteiger partial charge in [-0.1, -0.05) is 57.3 Å². The first kappa shape index (κ1) is 51.6. The van der Waals surface area contributed by atoms with Crippen LogP contribution in [0.3, 0.4) is 0 Å². The summed E-state index contributed by atoms with van der Waals surface area (Å²) in [6.07, 6.45) is 7.67. The monoisotopic (exact) mass is 992 g/mol. The van der Waals surface area contributed by atoms with Crippen LogP contribution >= 0.6 is 23.2 Å². The van der Waals surface area contributed by atoms with Crippen molar-refractivity contribution in [2.75, 3.05) is 6.61 Å². The lowest BCUT2D eigenvalue weighted by Gasteiger charge is -2.65. The lowest BCUT2D eigenvalue weighted by molar-refractivity contribution is -0.210. The van der Waals surface area contributed by atoms with E-state index in [-0.39, 0.29) is 46.3 Å². The van der Waals surface area contributed by atoms with Crippen LogP contribution in [0.5, 0.6) is 11.5 Å². The molecule has 0 amide bonds. The molecule has 0 heterocycles. The number of aliphatic hydroxyl groups is 1. The average molecular weight is 994 g/mol. The van der Waals surface area contributed by atoms with Gasteiger partial charge in [0, 0.05) is 32.3 Å². The van der Waals surface area contributed by atoms with Crippen LogP contribution in [-0.2, 0) is 19.1 Å². The maximum Gasteiger partial charge on any atom is 0.350 e. The maximum atomic E-state index is 13.8. The Hall–Kier alpha value is -4.70. The molecule has 0 saturated heterocycles. The molecule has 4 aliphatic rings. The summed E-state index contributed by atoms with van der Waals surface area (Å²) in [5, 5.41) is 13.7. The number of aliphatic hydroxyl groups excluding tert-OH is 1. The summed E-state index contributed by atoms with van der Waals surface area (Å²) < 4.78 is 24.5. The van der Waals surface area contributed by atoms with Crippen molar-refractivity contribution in [2.45, 2.75) is 137 Å². The molecule has 9 nitrogen and oxygen atoms in total. The normalized spacial score (nSPS) is 28.8. The Morgan fingerprint density at radius 3 is 1.60 bits per heavy atom. The van der Waals surface area contributed by atoms with Crippen molar-refractivity contribution in [3.63, 3.8) is 0 Å². The molecule has 4 aromatic rings. The van der Waals surface area contributed by atoms with Crippen LogP contribution in [-0.4, -0.2) is 58.6 Å². The number of halogens is 2. The second-order valence-corrected chi connectivity index (χ2v) is 23.2. The van der Waals surface area contributed by atoms with E-state index in [4.69, 9.17) is 42.1 Å². The first-order valence-electron chi connectivity index (χ1n) is 25.4. The molecule has 70 heavy (non-hydrogen) atoms. The fourth-order valence-electron chi connectivity index (χ4n) is 13.6. The average Bonchev–Trinajstić information content (AvgIpc) is 3.69. The zero-order chi connectivity index (χ0) is 50.3. The third-order valence-electron chi connectivity index (χ3n) is 17.4. The molecule has 374 valence electrons. The van der Waals surface area contributed by atoms with Gasteiger partial charge in [0.2, 0.25) is 0 Å². The minimum absolute atomic E-state index is 0.0235. The van der Waals surface area contributed by atoms with Crippen molar-refractivity contribution in [3.8, 4) is 11.5 Å². The van der Waals surface area contributed by atoms with Gasteiger partial charge in [0.05, 0.1) is 12.7 Å². The number of fused-ring (bicyclic) bond motifs is 5. The number of esters is 2. The number of ether oxygens (including phenoxy) is 4. The Morgan fingerprint density at radius 1 is 0.643 bits per heavy atom. The van der Waals surface area contributed by atoms with Gasteiger partial charge >= 0.3 is 11.9 Å². The van der Waals surface area contributed by atoms with Crippen LogP contribution in [0, 0.1) is 52.3 Å². The van der Waals surface area contributed by atoms with Crippen LogP contribution in [0.25, 0.3) is 0 Å². The quantitative estimate of drug-likeness (QED) is 0.0862. The highest BCUT2D eigenvalue weighted by molar-refractivity contribution is 6.31. The van der Waals surface area contributed by atoms with Crippen LogP contribution in [0.1, 0.15) is 145 Å². The molecule has 0 spiro atoms. The van der Waals surface area contributed by atoms with Gasteiger partial charge in [0.15, 0.2) is 22.8 Å². The van der Waals surface area contributed by atoms with Crippen LogP contribution in [0.2, 0.25) is 10.0 Å². The number of carbonyl (C=O) groups is 4. The van der Waals surface area contributed by atoms with Gasteiger partial charge in [0.25, 0.3) is 0 Å². The Kier molecular flexibility index (Phi) is 15.1. The fourth-order valence-corrected chi connectivity index (χ4v) is 13.8. The molecule has 0 bridgehead atoms. The second-order valence-electron chi connectivity index (χ2n) is 22.3. The first-order valence-corrected chi connectivity index (χ1v) is 26.2. The van der Waals surface area contributed by atoms with E-state index in [2.05, 4.69) is 27.7 Å². The third kappa shape index (κ3) is 10.3. The Bertz CT molecular complexity index is 2520. The molecule has 1 N–H and O–H groups in total. The smallest absolute Gasteiger partial charge is 0.350 e. The summed E-state index contributed by atoms with van der Waals surface area (Å²) in [6.45, 7) is 16.6. The fraction of sp³-hybridized carbons (Fsp3) is 0.525. The lowest BCUT2D eigenvalue weighted by atomic mass is 9.41. The lowest BCUT2D eigenvalue weighted by Crippen LogP contribution is -2.62. The van der Waals surface area contributed by atoms with Gasteiger partial charge in [0.1, 0.15) is 17.6 Å². The van der Waals surface area contributed by atoms with Crippen LogP contribution in [0.15, 0.2) is 97.1 Å². The van der Waals surface area contributed by atoms with Gasteiger partial charge in [-0.25, -0.2) is 9.59 Å². The van der Waals surface area contributed by atoms with E-state index in [0.29, 0.717) is 74.1 Å². The van der Waals surface area contributed by atoms with E-state index in [0.717, 1.165) is 57.8 Å². The van der Waals surface area contributed by atoms with Crippen molar-refractivity contribution in [2.24, 2.45) is 52.3 Å². The highest BCUT2D eigenvalue weighted by Gasteiger charge is 2.65. The van der Waals surface area contributed by atoms with E-state index >= 15 is 0 Å². The standard InChI is InChI=1S/C59H70Cl2O9/c1-9-45-49-34-44(68-55(66)57(5,6)70-43-24-16-39(17-25-43)52(63)37-12-20-41(61)21-13-37)28-31-59(49,8)48-29-32-58(7)46(26-27-47(58)50(48)53(45)64)35(2)30-33-67-54(65)56(3,4)69-42-22-14-38(15-23-42)51(62)36-10-18-40(60)19-11-36/h10-25,35,44-50,53,64H,9,26-34H2,1-8H3/t35-,44-,45-,46-,47?,48?,49+,50?,53-,58-,59-/m1/s1. The number of hydrogen-bond acceptors (Lipinski definition) is 9. The molecular weight excluding hydrogens is 924 g/mol. The van der Waals surface area contributed by atoms with E-state index in [1.165, 1.54) is 0 Å². The van der Waals surface area contributed by atoms with Crippen molar-refractivity contribution in [1.82, 2.24) is 0 Å². The minimum Gasteiger partial charge on any atom is -0.476 e. The number of carbonyl (C=O) groups excluding carboxylic acids is 4. The molecule has 4 saturated carbocycles. The summed E-state index contributed by atoms with van der Waals surface area (Å²) in [5.41, 5.74) is -0.332. The molecule has 4 aliphatic carbocycles. The van der Waals surface area contributed by atoms with Crippen molar-refractivity contribution < 1.29 is 43.2 Å². The highest BCUT2D eigenvalue weighted by atomic mass is 35.5. The second kappa shape index (κ2) is 20.4. The number of ketones is 2. The summed E-state index contributed by atoms with van der Waals surface area (Å²) >= 11 is 12.0. The predicted molar refractivity (Wildman–Crippen MR) is 272 cm³/mol. The van der Waals surface area contributed by atoms with Gasteiger partial charge < -0.3 is 24.1 Å². The number of benzene rings is 4. The molecule has 11 heteroatoms. The van der Waals surface area contributed by atoms with Gasteiger partial charge in [-0.2, -0.15) is 0 Å². The summed E-state index contributed by atoms with van der Waals surface area (Å²) in [4.78, 5) is 53.2. The molecule has 8 rings (SSSR count). The molecular formula is C59H70Cl2O9. The van der Waals surface area contributed by atoms with Crippen LogP contribution < -0.4 is 9.47 Å². The zero-order valence-corrected chi connectivity index (χ0v) is 43.5. The molecule has 4 aromatic carbocycles. The van der Waals surface area contributed by atoms with Gasteiger partial charge in [-0.05, 0) is 228 Å². The molecule has 0 aliphatic heterocycles. The largest absolute Gasteiger partial charge is 0.476 e. The Morgan fingerprint density at radius 2 is 1.10 bits per heavy atom. The molecule has 0 aromatic heterocycles. The van der Waals surface area contributed by atoms with Crippen molar-refractivity contribution in [3.05, 3.63) is 129 Å².